The number of aromatic nitrogens is 1. The fourth-order valence-corrected chi connectivity index (χ4v) is 2.22. The third-order valence-electron chi connectivity index (χ3n) is 3.73. The number of benzene rings is 1. The number of rotatable bonds is 7. The maximum atomic E-state index is 12.8. The van der Waals surface area contributed by atoms with Crippen LogP contribution in [-0.4, -0.2) is 28.9 Å². The van der Waals surface area contributed by atoms with Gasteiger partial charge in [-0.15, -0.1) is 0 Å². The van der Waals surface area contributed by atoms with Gasteiger partial charge >= 0.3 is 0 Å². The van der Waals surface area contributed by atoms with E-state index >= 15 is 0 Å². The van der Waals surface area contributed by atoms with Gasteiger partial charge in [0, 0.05) is 24.8 Å². The normalized spacial score (nSPS) is 10.8. The molecule has 0 aliphatic heterocycles. The first-order chi connectivity index (χ1) is 11.1. The van der Waals surface area contributed by atoms with Gasteiger partial charge in [0.25, 0.3) is 5.91 Å². The third kappa shape index (κ3) is 5.14. The van der Waals surface area contributed by atoms with E-state index in [0.29, 0.717) is 12.1 Å². The van der Waals surface area contributed by atoms with Gasteiger partial charge in [0.2, 0.25) is 0 Å². The molecule has 2 rings (SSSR count). The Labute approximate surface area is 136 Å². The topological polar surface area (TPSA) is 45.2 Å². The highest BCUT2D eigenvalue weighted by Crippen LogP contribution is 2.06. The third-order valence-corrected chi connectivity index (χ3v) is 3.73. The Morgan fingerprint density at radius 3 is 2.39 bits per heavy atom. The van der Waals surface area contributed by atoms with Crippen LogP contribution in [0, 0.1) is 5.82 Å². The number of nitrogens with zero attached hydrogens (tertiary/aromatic N) is 2. The van der Waals surface area contributed by atoms with Crippen molar-refractivity contribution in [2.75, 3.05) is 13.1 Å². The zero-order chi connectivity index (χ0) is 16.7. The van der Waals surface area contributed by atoms with Crippen LogP contribution in [0.5, 0.6) is 0 Å². The Morgan fingerprint density at radius 1 is 1.13 bits per heavy atom. The molecular formula is C18H22FN3O. The molecule has 2 aromatic rings. The summed E-state index contributed by atoms with van der Waals surface area (Å²) in [7, 11) is 0. The SMILES string of the molecule is CCN(CC)Cc1ccc(CNC(=O)c2ccc(F)cc2)cn1. The predicted octanol–water partition coefficient (Wildman–Crippen LogP) is 2.99. The zero-order valence-electron chi connectivity index (χ0n) is 13.6. The van der Waals surface area contributed by atoms with Crippen molar-refractivity contribution >= 4 is 5.91 Å². The van der Waals surface area contributed by atoms with Gasteiger partial charge in [0.1, 0.15) is 5.82 Å². The number of amides is 1. The van der Waals surface area contributed by atoms with Crippen molar-refractivity contribution in [1.82, 2.24) is 15.2 Å². The van der Waals surface area contributed by atoms with Gasteiger partial charge in [0.05, 0.1) is 5.69 Å². The van der Waals surface area contributed by atoms with Crippen LogP contribution in [0.3, 0.4) is 0 Å². The molecule has 0 fully saturated rings. The van der Waals surface area contributed by atoms with Crippen molar-refractivity contribution in [3.63, 3.8) is 0 Å². The molecule has 1 amide bonds. The van der Waals surface area contributed by atoms with Crippen molar-refractivity contribution in [3.8, 4) is 0 Å². The van der Waals surface area contributed by atoms with Crippen LogP contribution >= 0.6 is 0 Å². The van der Waals surface area contributed by atoms with Crippen molar-refractivity contribution < 1.29 is 9.18 Å². The first-order valence-corrected chi connectivity index (χ1v) is 7.82. The summed E-state index contributed by atoms with van der Waals surface area (Å²) in [6.07, 6.45) is 1.78. The fourth-order valence-electron chi connectivity index (χ4n) is 2.22. The number of halogens is 1. The number of hydrogen-bond donors (Lipinski definition) is 1. The highest BCUT2D eigenvalue weighted by molar-refractivity contribution is 5.94. The van der Waals surface area contributed by atoms with Crippen molar-refractivity contribution in [3.05, 3.63) is 65.2 Å². The van der Waals surface area contributed by atoms with Crippen LogP contribution in [0.15, 0.2) is 42.6 Å². The van der Waals surface area contributed by atoms with E-state index in [0.717, 1.165) is 30.9 Å². The van der Waals surface area contributed by atoms with E-state index in [1.165, 1.54) is 24.3 Å². The van der Waals surface area contributed by atoms with E-state index < -0.39 is 0 Å². The highest BCUT2D eigenvalue weighted by atomic mass is 19.1. The second kappa shape index (κ2) is 8.39. The molecule has 0 unspecified atom stereocenters. The first kappa shape index (κ1) is 17.1. The smallest absolute Gasteiger partial charge is 0.251 e. The van der Waals surface area contributed by atoms with Crippen LogP contribution in [0.4, 0.5) is 4.39 Å². The summed E-state index contributed by atoms with van der Waals surface area (Å²) in [6.45, 7) is 7.47. The molecule has 23 heavy (non-hydrogen) atoms. The molecule has 0 bridgehead atoms. The molecule has 122 valence electrons. The van der Waals surface area contributed by atoms with Gasteiger partial charge in [-0.2, -0.15) is 0 Å². The minimum atomic E-state index is -0.352. The molecular weight excluding hydrogens is 293 g/mol. The van der Waals surface area contributed by atoms with Gasteiger partial charge in [-0.1, -0.05) is 19.9 Å². The lowest BCUT2D eigenvalue weighted by molar-refractivity contribution is 0.0951. The lowest BCUT2D eigenvalue weighted by Gasteiger charge is -2.17. The van der Waals surface area contributed by atoms with Crippen molar-refractivity contribution in [1.29, 1.82) is 0 Å². The van der Waals surface area contributed by atoms with E-state index in [1.54, 1.807) is 6.20 Å². The number of carbonyl (C=O) groups excluding carboxylic acids is 1. The molecule has 1 aromatic carbocycles. The summed E-state index contributed by atoms with van der Waals surface area (Å²) < 4.78 is 12.8. The molecule has 5 heteroatoms. The van der Waals surface area contributed by atoms with E-state index in [4.69, 9.17) is 0 Å². The average molecular weight is 315 g/mol. The van der Waals surface area contributed by atoms with Gasteiger partial charge < -0.3 is 5.32 Å². The second-order valence-corrected chi connectivity index (χ2v) is 5.31. The molecule has 0 aliphatic rings. The first-order valence-electron chi connectivity index (χ1n) is 7.82. The largest absolute Gasteiger partial charge is 0.348 e. The molecule has 0 aliphatic carbocycles. The van der Waals surface area contributed by atoms with Crippen molar-refractivity contribution in [2.24, 2.45) is 0 Å². The minimum Gasteiger partial charge on any atom is -0.348 e. The monoisotopic (exact) mass is 315 g/mol. The molecule has 0 saturated heterocycles. The van der Waals surface area contributed by atoms with Gasteiger partial charge in [-0.05, 0) is 49.0 Å². The number of hydrogen-bond acceptors (Lipinski definition) is 3. The highest BCUT2D eigenvalue weighted by Gasteiger charge is 2.06. The Hall–Kier alpha value is -2.27. The van der Waals surface area contributed by atoms with Crippen LogP contribution in [-0.2, 0) is 13.1 Å². The average Bonchev–Trinajstić information content (AvgIpc) is 2.59. The van der Waals surface area contributed by atoms with Gasteiger partial charge in [0.15, 0.2) is 0 Å². The second-order valence-electron chi connectivity index (χ2n) is 5.31. The fraction of sp³-hybridized carbons (Fsp3) is 0.333. The predicted molar refractivity (Wildman–Crippen MR) is 88.4 cm³/mol. The van der Waals surface area contributed by atoms with E-state index in [9.17, 15) is 9.18 Å². The molecule has 1 aromatic heterocycles. The maximum Gasteiger partial charge on any atom is 0.251 e. The summed E-state index contributed by atoms with van der Waals surface area (Å²) in [6, 6.07) is 9.44. The van der Waals surface area contributed by atoms with Gasteiger partial charge in [-0.25, -0.2) is 4.39 Å². The standard InChI is InChI=1S/C18H22FN3O/c1-3-22(4-2)13-17-10-5-14(11-20-17)12-21-18(23)15-6-8-16(19)9-7-15/h5-11H,3-4,12-13H2,1-2H3,(H,21,23). The Bertz CT molecular complexity index is 622. The van der Waals surface area contributed by atoms with E-state index in [-0.39, 0.29) is 11.7 Å². The van der Waals surface area contributed by atoms with Crippen LogP contribution in [0.25, 0.3) is 0 Å². The van der Waals surface area contributed by atoms with Gasteiger partial charge in [-0.3, -0.25) is 14.7 Å². The summed E-state index contributed by atoms with van der Waals surface area (Å²) in [4.78, 5) is 18.7. The summed E-state index contributed by atoms with van der Waals surface area (Å²) in [5.74, 6) is -0.577. The molecule has 1 heterocycles. The Kier molecular flexibility index (Phi) is 6.23. The number of carbonyl (C=O) groups is 1. The van der Waals surface area contributed by atoms with E-state index in [1.807, 2.05) is 12.1 Å². The quantitative estimate of drug-likeness (QED) is 0.854. The van der Waals surface area contributed by atoms with Crippen molar-refractivity contribution in [2.45, 2.75) is 26.9 Å². The van der Waals surface area contributed by atoms with Crippen LogP contribution in [0.1, 0.15) is 35.5 Å². The summed E-state index contributed by atoms with van der Waals surface area (Å²) in [5.41, 5.74) is 2.39. The minimum absolute atomic E-state index is 0.225. The summed E-state index contributed by atoms with van der Waals surface area (Å²) >= 11 is 0. The lowest BCUT2D eigenvalue weighted by Crippen LogP contribution is -2.24. The van der Waals surface area contributed by atoms with E-state index in [2.05, 4.69) is 29.0 Å². The lowest BCUT2D eigenvalue weighted by atomic mass is 10.2. The molecule has 0 radical (unpaired) electrons. The molecule has 1 N–H and O–H groups in total. The molecule has 0 atom stereocenters. The molecule has 4 nitrogen and oxygen atoms in total. The Balaban J connectivity index is 1.88. The number of pyridine rings is 1. The maximum absolute atomic E-state index is 12.8. The molecule has 0 spiro atoms. The number of nitrogens with one attached hydrogen (secondary N) is 1. The van der Waals surface area contributed by atoms with Crippen LogP contribution in [0.2, 0.25) is 0 Å². The Morgan fingerprint density at radius 2 is 1.83 bits per heavy atom. The summed E-state index contributed by atoms with van der Waals surface area (Å²) in [5, 5.41) is 2.81. The van der Waals surface area contributed by atoms with Crippen LogP contribution < -0.4 is 5.32 Å². The zero-order valence-corrected chi connectivity index (χ0v) is 13.6. The molecule has 0 saturated carbocycles.